The number of aromatic nitrogens is 1. The smallest absolute Gasteiger partial charge is 0.0592 e. The molecule has 1 aromatic heterocycles. The third-order valence-corrected chi connectivity index (χ3v) is 4.57. The molecule has 1 N–H and O–H groups in total. The molecule has 0 aromatic carbocycles. The topological polar surface area (TPSA) is 28.2 Å². The molecule has 3 nitrogen and oxygen atoms in total. The number of pyridine rings is 1. The van der Waals surface area contributed by atoms with Crippen LogP contribution in [0.3, 0.4) is 0 Å². The Labute approximate surface area is 117 Å². The van der Waals surface area contributed by atoms with E-state index in [9.17, 15) is 0 Å². The van der Waals surface area contributed by atoms with Gasteiger partial charge in [0.2, 0.25) is 0 Å². The Bertz CT molecular complexity index is 400. The van der Waals surface area contributed by atoms with Crippen LogP contribution < -0.4 is 10.2 Å². The quantitative estimate of drug-likeness (QED) is 0.927. The molecule has 2 fully saturated rings. The number of halogens is 1. The zero-order chi connectivity index (χ0) is 12.4. The zero-order valence-electron chi connectivity index (χ0n) is 10.6. The van der Waals surface area contributed by atoms with Crippen LogP contribution in [0.15, 0.2) is 22.9 Å². The second-order valence-corrected chi connectivity index (χ2v) is 6.26. The molecular weight excluding hydrogens is 290 g/mol. The van der Waals surface area contributed by atoms with Crippen molar-refractivity contribution in [2.75, 3.05) is 24.5 Å². The number of nitrogens with one attached hydrogen (secondary N) is 1. The minimum Gasteiger partial charge on any atom is -0.367 e. The number of hydrogen-bond acceptors (Lipinski definition) is 3. The molecule has 0 spiro atoms. The van der Waals surface area contributed by atoms with Gasteiger partial charge in [0.05, 0.1) is 10.2 Å². The first kappa shape index (κ1) is 12.4. The van der Waals surface area contributed by atoms with Gasteiger partial charge < -0.3 is 10.2 Å². The lowest BCUT2D eigenvalue weighted by Crippen LogP contribution is -2.37. The van der Waals surface area contributed by atoms with Crippen molar-refractivity contribution in [1.82, 2.24) is 10.3 Å². The van der Waals surface area contributed by atoms with Crippen LogP contribution in [0.1, 0.15) is 25.7 Å². The molecule has 2 aliphatic rings. The number of hydrogen-bond donors (Lipinski definition) is 1. The molecule has 2 heterocycles. The molecule has 98 valence electrons. The average molecular weight is 310 g/mol. The lowest BCUT2D eigenvalue weighted by molar-refractivity contribution is 0.372. The van der Waals surface area contributed by atoms with Crippen molar-refractivity contribution in [1.29, 1.82) is 0 Å². The minimum atomic E-state index is 0.763. The highest BCUT2D eigenvalue weighted by Crippen LogP contribution is 2.36. The molecule has 18 heavy (non-hydrogen) atoms. The molecule has 0 bridgehead atoms. The third kappa shape index (κ3) is 2.86. The molecule has 3 rings (SSSR count). The highest BCUT2D eigenvalue weighted by atomic mass is 79.9. The maximum absolute atomic E-state index is 4.17. The summed E-state index contributed by atoms with van der Waals surface area (Å²) in [6, 6.07) is 2.90. The van der Waals surface area contributed by atoms with Gasteiger partial charge in [-0.15, -0.1) is 0 Å². The molecule has 1 aromatic rings. The van der Waals surface area contributed by atoms with Crippen LogP contribution in [0.4, 0.5) is 5.69 Å². The van der Waals surface area contributed by atoms with Crippen molar-refractivity contribution in [3.8, 4) is 0 Å². The van der Waals surface area contributed by atoms with E-state index in [0.717, 1.165) is 16.4 Å². The summed E-state index contributed by atoms with van der Waals surface area (Å²) in [5.74, 6) is 0.840. The summed E-state index contributed by atoms with van der Waals surface area (Å²) in [6.07, 6.45) is 9.13. The van der Waals surface area contributed by atoms with Gasteiger partial charge in [-0.25, -0.2) is 0 Å². The van der Waals surface area contributed by atoms with Crippen LogP contribution in [0.5, 0.6) is 0 Å². The number of anilines is 1. The molecule has 0 radical (unpaired) electrons. The van der Waals surface area contributed by atoms with Crippen LogP contribution in [-0.4, -0.2) is 30.7 Å². The lowest BCUT2D eigenvalue weighted by Gasteiger charge is -2.32. The Morgan fingerprint density at radius 2 is 2.06 bits per heavy atom. The second kappa shape index (κ2) is 5.57. The van der Waals surface area contributed by atoms with Gasteiger partial charge in [0.1, 0.15) is 0 Å². The number of rotatable bonds is 4. The fraction of sp³-hybridized carbons (Fsp3) is 0.643. The van der Waals surface area contributed by atoms with Crippen LogP contribution in [0.2, 0.25) is 0 Å². The van der Waals surface area contributed by atoms with E-state index in [-0.39, 0.29) is 0 Å². The number of piperidine rings is 1. The Morgan fingerprint density at radius 3 is 2.72 bits per heavy atom. The van der Waals surface area contributed by atoms with Gasteiger partial charge in [-0.2, -0.15) is 0 Å². The SMILES string of the molecule is Brc1cnccc1N(CC1CCNCC1)C1CC1. The second-order valence-electron chi connectivity index (χ2n) is 5.40. The van der Waals surface area contributed by atoms with Gasteiger partial charge in [-0.3, -0.25) is 4.98 Å². The van der Waals surface area contributed by atoms with Gasteiger partial charge in [0.25, 0.3) is 0 Å². The Kier molecular flexibility index (Phi) is 3.85. The highest BCUT2D eigenvalue weighted by Gasteiger charge is 2.32. The predicted molar refractivity (Wildman–Crippen MR) is 77.9 cm³/mol. The summed E-state index contributed by atoms with van der Waals surface area (Å²) in [7, 11) is 0. The molecular formula is C14H20BrN3. The molecule has 4 heteroatoms. The van der Waals surface area contributed by atoms with Gasteiger partial charge in [0, 0.05) is 25.0 Å². The van der Waals surface area contributed by atoms with E-state index in [1.54, 1.807) is 0 Å². The molecule has 1 saturated heterocycles. The number of nitrogens with zero attached hydrogens (tertiary/aromatic N) is 2. The normalized spacial score (nSPS) is 20.9. The lowest BCUT2D eigenvalue weighted by atomic mass is 9.97. The van der Waals surface area contributed by atoms with E-state index in [2.05, 4.69) is 37.2 Å². The fourth-order valence-electron chi connectivity index (χ4n) is 2.77. The summed E-state index contributed by atoms with van der Waals surface area (Å²) >= 11 is 3.64. The first-order chi connectivity index (χ1) is 8.84. The van der Waals surface area contributed by atoms with E-state index >= 15 is 0 Å². The predicted octanol–water partition coefficient (Wildman–Crippen LogP) is 2.81. The van der Waals surface area contributed by atoms with Crippen molar-refractivity contribution in [2.45, 2.75) is 31.7 Å². The van der Waals surface area contributed by atoms with E-state index in [1.807, 2.05) is 12.4 Å². The van der Waals surface area contributed by atoms with Crippen molar-refractivity contribution < 1.29 is 0 Å². The Balaban J connectivity index is 1.73. The molecule has 0 atom stereocenters. The van der Waals surface area contributed by atoms with Crippen LogP contribution in [0.25, 0.3) is 0 Å². The summed E-state index contributed by atoms with van der Waals surface area (Å²) in [5, 5.41) is 3.45. The summed E-state index contributed by atoms with van der Waals surface area (Å²) in [4.78, 5) is 6.77. The van der Waals surface area contributed by atoms with Gasteiger partial charge in [-0.05, 0) is 66.7 Å². The highest BCUT2D eigenvalue weighted by molar-refractivity contribution is 9.10. The van der Waals surface area contributed by atoms with Crippen LogP contribution in [-0.2, 0) is 0 Å². The van der Waals surface area contributed by atoms with Crippen molar-refractivity contribution in [3.05, 3.63) is 22.9 Å². The zero-order valence-corrected chi connectivity index (χ0v) is 12.2. The summed E-state index contributed by atoms with van der Waals surface area (Å²) < 4.78 is 1.13. The van der Waals surface area contributed by atoms with Crippen molar-refractivity contribution in [3.63, 3.8) is 0 Å². The van der Waals surface area contributed by atoms with Gasteiger partial charge in [-0.1, -0.05) is 0 Å². The maximum Gasteiger partial charge on any atom is 0.0592 e. The largest absolute Gasteiger partial charge is 0.367 e. The van der Waals surface area contributed by atoms with Crippen LogP contribution in [0, 0.1) is 5.92 Å². The van der Waals surface area contributed by atoms with E-state index < -0.39 is 0 Å². The first-order valence-electron chi connectivity index (χ1n) is 6.91. The Hall–Kier alpha value is -0.610. The molecule has 1 aliphatic heterocycles. The van der Waals surface area contributed by atoms with Crippen molar-refractivity contribution >= 4 is 21.6 Å². The standard InChI is InChI=1S/C14H20BrN3/c15-13-9-17-8-5-14(13)18(12-1-2-12)10-11-3-6-16-7-4-11/h5,8-9,11-12,16H,1-4,6-7,10H2. The third-order valence-electron chi connectivity index (χ3n) is 3.96. The van der Waals surface area contributed by atoms with E-state index in [1.165, 1.54) is 51.0 Å². The monoisotopic (exact) mass is 309 g/mol. The Morgan fingerprint density at radius 1 is 1.28 bits per heavy atom. The first-order valence-corrected chi connectivity index (χ1v) is 7.71. The van der Waals surface area contributed by atoms with E-state index in [4.69, 9.17) is 0 Å². The van der Waals surface area contributed by atoms with Crippen LogP contribution >= 0.6 is 15.9 Å². The molecule has 1 saturated carbocycles. The van der Waals surface area contributed by atoms with Gasteiger partial charge in [0.15, 0.2) is 0 Å². The molecule has 1 aliphatic carbocycles. The average Bonchev–Trinajstić information content (AvgIpc) is 3.23. The van der Waals surface area contributed by atoms with Crippen molar-refractivity contribution in [2.24, 2.45) is 5.92 Å². The fourth-order valence-corrected chi connectivity index (χ4v) is 3.25. The molecule has 0 unspecified atom stereocenters. The van der Waals surface area contributed by atoms with E-state index in [0.29, 0.717) is 0 Å². The summed E-state index contributed by atoms with van der Waals surface area (Å²) in [6.45, 7) is 3.57. The molecule has 0 amide bonds. The maximum atomic E-state index is 4.17. The van der Waals surface area contributed by atoms with Gasteiger partial charge >= 0.3 is 0 Å². The summed E-state index contributed by atoms with van der Waals surface area (Å²) in [5.41, 5.74) is 1.33. The minimum absolute atomic E-state index is 0.763.